The Bertz CT molecular complexity index is 161. The highest BCUT2D eigenvalue weighted by molar-refractivity contribution is 5.72. The van der Waals surface area contributed by atoms with Gasteiger partial charge in [0, 0.05) is 0 Å². The van der Waals surface area contributed by atoms with E-state index in [4.69, 9.17) is 15.2 Å². The van der Waals surface area contributed by atoms with Crippen LogP contribution in [0.5, 0.6) is 0 Å². The Morgan fingerprint density at radius 3 is 2.50 bits per heavy atom. The van der Waals surface area contributed by atoms with E-state index in [0.717, 1.165) is 12.8 Å². The molecule has 0 aliphatic rings. The van der Waals surface area contributed by atoms with Crippen LogP contribution >= 0.6 is 0 Å². The third-order valence-corrected chi connectivity index (χ3v) is 1.95. The summed E-state index contributed by atoms with van der Waals surface area (Å²) in [5.74, 6) is -0.837. The number of hydroxylamine groups is 2. The molecule has 0 aromatic heterocycles. The number of unbranched alkanes of at least 4 members (excludes halogenated alkanes) is 1. The van der Waals surface area contributed by atoms with Gasteiger partial charge < -0.3 is 4.74 Å². The molecule has 2 N–H and O–H groups in total. The molecule has 84 valence electrons. The standard InChI is InChI=1S/C9H19NO4/c1-3-5-6-14-9(11)8(4-2)7-10(12)13/h8,12-13H,3-7H2,1-2H3. The lowest BCUT2D eigenvalue weighted by Crippen LogP contribution is -2.29. The number of hydrogen-bond donors (Lipinski definition) is 2. The topological polar surface area (TPSA) is 70.0 Å². The molecule has 1 unspecified atom stereocenters. The van der Waals surface area contributed by atoms with Gasteiger partial charge in [0.05, 0.1) is 19.1 Å². The van der Waals surface area contributed by atoms with Gasteiger partial charge in [-0.3, -0.25) is 15.2 Å². The van der Waals surface area contributed by atoms with Gasteiger partial charge in [0.25, 0.3) is 0 Å². The summed E-state index contributed by atoms with van der Waals surface area (Å²) in [7, 11) is 0. The van der Waals surface area contributed by atoms with Crippen LogP contribution in [0.25, 0.3) is 0 Å². The Hall–Kier alpha value is -0.650. The number of esters is 1. The zero-order valence-corrected chi connectivity index (χ0v) is 8.77. The minimum absolute atomic E-state index is 0.0231. The number of carbonyl (C=O) groups is 1. The first-order valence-corrected chi connectivity index (χ1v) is 4.93. The van der Waals surface area contributed by atoms with Gasteiger partial charge in [-0.1, -0.05) is 25.5 Å². The smallest absolute Gasteiger partial charge is 0.310 e. The maximum absolute atomic E-state index is 11.3. The maximum atomic E-state index is 11.3. The quantitative estimate of drug-likeness (QED) is 0.374. The minimum Gasteiger partial charge on any atom is -0.465 e. The minimum atomic E-state index is -0.471. The van der Waals surface area contributed by atoms with Crippen LogP contribution in [-0.2, 0) is 9.53 Å². The monoisotopic (exact) mass is 205 g/mol. The summed E-state index contributed by atoms with van der Waals surface area (Å²) in [5, 5.41) is 17.1. The van der Waals surface area contributed by atoms with Crippen LogP contribution in [0.15, 0.2) is 0 Å². The molecule has 0 aromatic carbocycles. The van der Waals surface area contributed by atoms with Crippen molar-refractivity contribution in [1.29, 1.82) is 0 Å². The van der Waals surface area contributed by atoms with Crippen LogP contribution in [0, 0.1) is 5.92 Å². The normalized spacial score (nSPS) is 12.9. The molecule has 0 radical (unpaired) electrons. The van der Waals surface area contributed by atoms with Gasteiger partial charge in [0.2, 0.25) is 0 Å². The summed E-state index contributed by atoms with van der Waals surface area (Å²) in [6.45, 7) is 4.10. The van der Waals surface area contributed by atoms with E-state index in [1.165, 1.54) is 0 Å². The third-order valence-electron chi connectivity index (χ3n) is 1.95. The summed E-state index contributed by atoms with van der Waals surface area (Å²) >= 11 is 0. The fraction of sp³-hybridized carbons (Fsp3) is 0.889. The molecular weight excluding hydrogens is 186 g/mol. The highest BCUT2D eigenvalue weighted by atomic mass is 16.8. The molecular formula is C9H19NO4. The first kappa shape index (κ1) is 13.4. The van der Waals surface area contributed by atoms with Crippen molar-refractivity contribution in [2.24, 2.45) is 5.92 Å². The van der Waals surface area contributed by atoms with Crippen molar-refractivity contribution in [2.45, 2.75) is 33.1 Å². The van der Waals surface area contributed by atoms with Crippen molar-refractivity contribution in [3.05, 3.63) is 0 Å². The van der Waals surface area contributed by atoms with Crippen molar-refractivity contribution in [3.8, 4) is 0 Å². The van der Waals surface area contributed by atoms with E-state index in [-0.39, 0.29) is 17.7 Å². The molecule has 0 rings (SSSR count). The van der Waals surface area contributed by atoms with Crippen molar-refractivity contribution < 1.29 is 19.9 Å². The molecule has 0 heterocycles. The fourth-order valence-electron chi connectivity index (χ4n) is 1.00. The second-order valence-electron chi connectivity index (χ2n) is 3.18. The Labute approximate surface area is 84.2 Å². The number of hydrogen-bond acceptors (Lipinski definition) is 5. The number of nitrogens with zero attached hydrogens (tertiary/aromatic N) is 1. The third kappa shape index (κ3) is 5.90. The molecule has 1 atom stereocenters. The van der Waals surface area contributed by atoms with E-state index in [2.05, 4.69) is 0 Å². The van der Waals surface area contributed by atoms with E-state index >= 15 is 0 Å². The zero-order valence-electron chi connectivity index (χ0n) is 8.77. The van der Waals surface area contributed by atoms with Crippen molar-refractivity contribution >= 4 is 5.97 Å². The molecule has 0 amide bonds. The fourth-order valence-corrected chi connectivity index (χ4v) is 1.00. The first-order valence-electron chi connectivity index (χ1n) is 4.93. The van der Waals surface area contributed by atoms with Crippen LogP contribution in [0.4, 0.5) is 0 Å². The predicted molar refractivity (Wildman–Crippen MR) is 49.9 cm³/mol. The molecule has 0 bridgehead atoms. The zero-order chi connectivity index (χ0) is 11.0. The Morgan fingerprint density at radius 1 is 1.43 bits per heavy atom. The largest absolute Gasteiger partial charge is 0.465 e. The van der Waals surface area contributed by atoms with Gasteiger partial charge >= 0.3 is 5.97 Å². The van der Waals surface area contributed by atoms with Gasteiger partial charge in [-0.2, -0.15) is 0 Å². The van der Waals surface area contributed by atoms with E-state index < -0.39 is 5.92 Å². The summed E-state index contributed by atoms with van der Waals surface area (Å²) in [6, 6.07) is 0. The summed E-state index contributed by atoms with van der Waals surface area (Å²) < 4.78 is 4.95. The lowest BCUT2D eigenvalue weighted by Gasteiger charge is -2.15. The van der Waals surface area contributed by atoms with Crippen molar-refractivity contribution in [2.75, 3.05) is 13.2 Å². The van der Waals surface area contributed by atoms with Gasteiger partial charge in [0.15, 0.2) is 0 Å². The molecule has 0 saturated heterocycles. The molecule has 0 saturated carbocycles. The second kappa shape index (κ2) is 7.73. The van der Waals surface area contributed by atoms with Crippen molar-refractivity contribution in [3.63, 3.8) is 0 Å². The molecule has 5 nitrogen and oxygen atoms in total. The Balaban J connectivity index is 3.79. The van der Waals surface area contributed by atoms with Crippen LogP contribution in [0.1, 0.15) is 33.1 Å². The SMILES string of the molecule is CCCCOC(=O)C(CC)CN(O)O. The molecule has 5 heteroatoms. The number of rotatable bonds is 7. The summed E-state index contributed by atoms with van der Waals surface area (Å²) in [6.07, 6.45) is 2.34. The van der Waals surface area contributed by atoms with Crippen molar-refractivity contribution in [1.82, 2.24) is 5.23 Å². The van der Waals surface area contributed by atoms with Gasteiger partial charge in [-0.25, -0.2) is 0 Å². The average Bonchev–Trinajstić information content (AvgIpc) is 2.14. The number of ether oxygens (including phenoxy) is 1. The van der Waals surface area contributed by atoms with Gasteiger partial charge in [0.1, 0.15) is 0 Å². The first-order chi connectivity index (χ1) is 6.61. The molecule has 0 aliphatic carbocycles. The molecule has 0 aliphatic heterocycles. The lowest BCUT2D eigenvalue weighted by molar-refractivity contribution is -0.311. The molecule has 0 aromatic rings. The second-order valence-corrected chi connectivity index (χ2v) is 3.18. The summed E-state index contributed by atoms with van der Waals surface area (Å²) in [5.41, 5.74) is 0. The van der Waals surface area contributed by atoms with Crippen LogP contribution in [0.3, 0.4) is 0 Å². The molecule has 14 heavy (non-hydrogen) atoms. The van der Waals surface area contributed by atoms with E-state index in [1.807, 2.05) is 6.92 Å². The Kier molecular flexibility index (Phi) is 7.37. The van der Waals surface area contributed by atoms with Crippen LogP contribution in [0.2, 0.25) is 0 Å². The van der Waals surface area contributed by atoms with E-state index in [1.54, 1.807) is 6.92 Å². The summed E-state index contributed by atoms with van der Waals surface area (Å²) in [4.78, 5) is 11.3. The van der Waals surface area contributed by atoms with Crippen LogP contribution in [-0.4, -0.2) is 34.8 Å². The highest BCUT2D eigenvalue weighted by Crippen LogP contribution is 2.06. The van der Waals surface area contributed by atoms with Gasteiger partial charge in [-0.15, -0.1) is 0 Å². The lowest BCUT2D eigenvalue weighted by atomic mass is 10.1. The van der Waals surface area contributed by atoms with E-state index in [0.29, 0.717) is 13.0 Å². The number of carbonyl (C=O) groups excluding carboxylic acids is 1. The molecule has 0 fully saturated rings. The van der Waals surface area contributed by atoms with E-state index in [9.17, 15) is 4.79 Å². The predicted octanol–water partition coefficient (Wildman–Crippen LogP) is 1.44. The molecule has 0 spiro atoms. The highest BCUT2D eigenvalue weighted by Gasteiger charge is 2.19. The van der Waals surface area contributed by atoms with Crippen LogP contribution < -0.4 is 0 Å². The maximum Gasteiger partial charge on any atom is 0.310 e. The van der Waals surface area contributed by atoms with Gasteiger partial charge in [-0.05, 0) is 12.8 Å². The Morgan fingerprint density at radius 2 is 2.07 bits per heavy atom. The average molecular weight is 205 g/mol.